The van der Waals surface area contributed by atoms with E-state index in [0.717, 1.165) is 5.69 Å². The molecule has 1 atom stereocenters. The number of para-hydroxylation sites is 2. The molecule has 0 radical (unpaired) electrons. The van der Waals surface area contributed by atoms with Gasteiger partial charge in [-0.3, -0.25) is 0 Å². The van der Waals surface area contributed by atoms with Gasteiger partial charge in [0.25, 0.3) is 0 Å². The van der Waals surface area contributed by atoms with Crippen molar-refractivity contribution in [3.63, 3.8) is 0 Å². The van der Waals surface area contributed by atoms with Gasteiger partial charge in [0.1, 0.15) is 5.75 Å². The Morgan fingerprint density at radius 1 is 1.14 bits per heavy atom. The summed E-state index contributed by atoms with van der Waals surface area (Å²) in [5, 5.41) is 12.8. The maximum atomic E-state index is 11.9. The normalized spacial score (nSPS) is 13.2. The van der Waals surface area contributed by atoms with E-state index in [-0.39, 0.29) is 0 Å². The van der Waals surface area contributed by atoms with Crippen molar-refractivity contribution in [1.29, 1.82) is 0 Å². The molecule has 2 aromatic carbocycles. The van der Waals surface area contributed by atoms with Gasteiger partial charge in [0.05, 0.1) is 6.61 Å². The van der Waals surface area contributed by atoms with Gasteiger partial charge in [-0.25, -0.2) is 4.79 Å². The Morgan fingerprint density at radius 3 is 2.38 bits per heavy atom. The molecule has 0 amide bonds. The van der Waals surface area contributed by atoms with Crippen molar-refractivity contribution in [2.75, 3.05) is 11.9 Å². The molecule has 0 heterocycles. The first-order chi connectivity index (χ1) is 10.1. The van der Waals surface area contributed by atoms with Crippen molar-refractivity contribution in [2.24, 2.45) is 0 Å². The zero-order valence-electron chi connectivity index (χ0n) is 12.2. The van der Waals surface area contributed by atoms with E-state index in [1.807, 2.05) is 49.4 Å². The first-order valence-corrected chi connectivity index (χ1v) is 6.87. The molecular formula is C17H19NO3. The standard InChI is InChI=1S/C17H19NO3/c1-3-21-15-12-8-7-11-14(15)17(2,16(19)20)18-13-9-5-4-6-10-13/h4-12,18H,3H2,1-2H3,(H,19,20). The first-order valence-electron chi connectivity index (χ1n) is 6.87. The highest BCUT2D eigenvalue weighted by Crippen LogP contribution is 2.33. The molecule has 0 bridgehead atoms. The van der Waals surface area contributed by atoms with Gasteiger partial charge in [0.15, 0.2) is 5.54 Å². The van der Waals surface area contributed by atoms with Crippen LogP contribution in [0.25, 0.3) is 0 Å². The number of aliphatic carboxylic acids is 1. The fourth-order valence-corrected chi connectivity index (χ4v) is 2.21. The second kappa shape index (κ2) is 6.31. The average Bonchev–Trinajstić information content (AvgIpc) is 2.49. The third-order valence-corrected chi connectivity index (χ3v) is 3.32. The number of carboxylic acid groups (broad SMARTS) is 1. The zero-order valence-corrected chi connectivity index (χ0v) is 12.2. The van der Waals surface area contributed by atoms with Gasteiger partial charge >= 0.3 is 5.97 Å². The second-order valence-electron chi connectivity index (χ2n) is 4.85. The molecule has 0 aliphatic heterocycles. The number of carbonyl (C=O) groups is 1. The van der Waals surface area contributed by atoms with E-state index in [2.05, 4.69) is 5.32 Å². The molecule has 0 aromatic heterocycles. The van der Waals surface area contributed by atoms with Crippen LogP contribution in [0.1, 0.15) is 19.4 Å². The van der Waals surface area contributed by atoms with Crippen LogP contribution in [0.3, 0.4) is 0 Å². The van der Waals surface area contributed by atoms with Crippen LogP contribution in [0, 0.1) is 0 Å². The molecule has 1 unspecified atom stereocenters. The van der Waals surface area contributed by atoms with Crippen molar-refractivity contribution < 1.29 is 14.6 Å². The Hall–Kier alpha value is -2.49. The number of ether oxygens (including phenoxy) is 1. The van der Waals surface area contributed by atoms with E-state index in [1.54, 1.807) is 19.1 Å². The van der Waals surface area contributed by atoms with Crippen LogP contribution in [0.5, 0.6) is 5.75 Å². The number of rotatable bonds is 6. The highest BCUT2D eigenvalue weighted by molar-refractivity contribution is 5.85. The van der Waals surface area contributed by atoms with Crippen molar-refractivity contribution in [2.45, 2.75) is 19.4 Å². The summed E-state index contributed by atoms with van der Waals surface area (Å²) in [6, 6.07) is 16.5. The van der Waals surface area contributed by atoms with Crippen molar-refractivity contribution >= 4 is 11.7 Å². The van der Waals surface area contributed by atoms with Crippen LogP contribution in [-0.2, 0) is 10.3 Å². The van der Waals surface area contributed by atoms with E-state index in [9.17, 15) is 9.90 Å². The minimum atomic E-state index is -1.27. The topological polar surface area (TPSA) is 58.6 Å². The predicted octanol–water partition coefficient (Wildman–Crippen LogP) is 3.50. The van der Waals surface area contributed by atoms with Crippen LogP contribution in [-0.4, -0.2) is 17.7 Å². The van der Waals surface area contributed by atoms with Gasteiger partial charge in [0, 0.05) is 11.3 Å². The Balaban J connectivity index is 2.45. The SMILES string of the molecule is CCOc1ccccc1C(C)(Nc1ccccc1)C(=O)O. The number of anilines is 1. The van der Waals surface area contributed by atoms with Crippen LogP contribution < -0.4 is 10.1 Å². The van der Waals surface area contributed by atoms with Gasteiger partial charge in [-0.1, -0.05) is 36.4 Å². The highest BCUT2D eigenvalue weighted by atomic mass is 16.5. The lowest BCUT2D eigenvalue weighted by Crippen LogP contribution is -2.40. The van der Waals surface area contributed by atoms with Crippen LogP contribution >= 0.6 is 0 Å². The van der Waals surface area contributed by atoms with Gasteiger partial charge in [-0.2, -0.15) is 0 Å². The largest absolute Gasteiger partial charge is 0.493 e. The van der Waals surface area contributed by atoms with Crippen LogP contribution in [0.2, 0.25) is 0 Å². The quantitative estimate of drug-likeness (QED) is 0.853. The summed E-state index contributed by atoms with van der Waals surface area (Å²) in [6.45, 7) is 4.00. The molecule has 2 N–H and O–H groups in total. The number of benzene rings is 2. The van der Waals surface area contributed by atoms with E-state index >= 15 is 0 Å². The molecule has 4 nitrogen and oxygen atoms in total. The molecule has 0 aliphatic rings. The highest BCUT2D eigenvalue weighted by Gasteiger charge is 2.37. The third kappa shape index (κ3) is 3.16. The first kappa shape index (κ1) is 14.9. The summed E-state index contributed by atoms with van der Waals surface area (Å²) in [6.07, 6.45) is 0. The number of nitrogens with one attached hydrogen (secondary N) is 1. The third-order valence-electron chi connectivity index (χ3n) is 3.32. The molecule has 0 fully saturated rings. The van der Waals surface area contributed by atoms with E-state index in [0.29, 0.717) is 17.9 Å². The maximum absolute atomic E-state index is 11.9. The molecular weight excluding hydrogens is 266 g/mol. The lowest BCUT2D eigenvalue weighted by atomic mass is 9.90. The van der Waals surface area contributed by atoms with E-state index in [1.165, 1.54) is 0 Å². The number of hydrogen-bond acceptors (Lipinski definition) is 3. The number of hydrogen-bond donors (Lipinski definition) is 2. The summed E-state index contributed by atoms with van der Waals surface area (Å²) in [7, 11) is 0. The van der Waals surface area contributed by atoms with Crippen molar-refractivity contribution in [1.82, 2.24) is 0 Å². The Bertz CT molecular complexity index is 612. The Labute approximate surface area is 124 Å². The van der Waals surface area contributed by atoms with Gasteiger partial charge in [0.2, 0.25) is 0 Å². The molecule has 110 valence electrons. The van der Waals surface area contributed by atoms with Crippen molar-refractivity contribution in [3.8, 4) is 5.75 Å². The van der Waals surface area contributed by atoms with Gasteiger partial charge in [-0.05, 0) is 32.0 Å². The summed E-state index contributed by atoms with van der Waals surface area (Å²) in [5.74, 6) is -0.383. The Morgan fingerprint density at radius 2 is 1.76 bits per heavy atom. The molecule has 2 rings (SSSR count). The molecule has 4 heteroatoms. The van der Waals surface area contributed by atoms with Crippen LogP contribution in [0.4, 0.5) is 5.69 Å². The molecule has 0 aliphatic carbocycles. The second-order valence-corrected chi connectivity index (χ2v) is 4.85. The molecule has 2 aromatic rings. The minimum Gasteiger partial charge on any atom is -0.493 e. The Kier molecular flexibility index (Phi) is 4.48. The summed E-state index contributed by atoms with van der Waals surface area (Å²) in [5.41, 5.74) is 0.0736. The monoisotopic (exact) mass is 285 g/mol. The predicted molar refractivity (Wildman–Crippen MR) is 82.7 cm³/mol. The number of carboxylic acids is 1. The summed E-state index contributed by atoms with van der Waals surface area (Å²) in [4.78, 5) is 11.9. The van der Waals surface area contributed by atoms with Crippen LogP contribution in [0.15, 0.2) is 54.6 Å². The lowest BCUT2D eigenvalue weighted by Gasteiger charge is -2.29. The van der Waals surface area contributed by atoms with E-state index in [4.69, 9.17) is 4.74 Å². The summed E-state index contributed by atoms with van der Waals surface area (Å²) < 4.78 is 5.57. The fraction of sp³-hybridized carbons (Fsp3) is 0.235. The summed E-state index contributed by atoms with van der Waals surface area (Å²) >= 11 is 0. The van der Waals surface area contributed by atoms with Gasteiger partial charge < -0.3 is 15.2 Å². The molecule has 0 spiro atoms. The average molecular weight is 285 g/mol. The lowest BCUT2D eigenvalue weighted by molar-refractivity contribution is -0.142. The molecule has 0 saturated heterocycles. The fourth-order valence-electron chi connectivity index (χ4n) is 2.21. The molecule has 0 saturated carbocycles. The minimum absolute atomic E-state index is 0.484. The zero-order chi connectivity index (χ0) is 15.3. The maximum Gasteiger partial charge on any atom is 0.333 e. The van der Waals surface area contributed by atoms with E-state index < -0.39 is 11.5 Å². The van der Waals surface area contributed by atoms with Gasteiger partial charge in [-0.15, -0.1) is 0 Å². The smallest absolute Gasteiger partial charge is 0.333 e. The van der Waals surface area contributed by atoms with Crippen molar-refractivity contribution in [3.05, 3.63) is 60.2 Å². The molecule has 21 heavy (non-hydrogen) atoms.